The molecule has 88 valence electrons. The summed E-state index contributed by atoms with van der Waals surface area (Å²) in [6, 6.07) is 5.32. The largest absolute Gasteiger partial charge is 0.292 e. The number of hydrogen-bond acceptors (Lipinski definition) is 3. The molecule has 0 unspecified atom stereocenters. The van der Waals surface area contributed by atoms with Crippen LogP contribution in [0.5, 0.6) is 0 Å². The van der Waals surface area contributed by atoms with Crippen molar-refractivity contribution in [1.82, 2.24) is 14.8 Å². The summed E-state index contributed by atoms with van der Waals surface area (Å²) in [7, 11) is 1.83. The summed E-state index contributed by atoms with van der Waals surface area (Å²) < 4.78 is 2.62. The molecule has 0 aliphatic heterocycles. The standard InChI is InChI=1S/C12H12BrN3O/c1-8-12(13)10(16(2)15-8)7-11(17)9-5-3-4-6-14-9/h3-6H,7H2,1-2H3. The molecule has 5 heteroatoms. The molecule has 0 N–H and O–H groups in total. The van der Waals surface area contributed by atoms with Crippen molar-refractivity contribution in [3.63, 3.8) is 0 Å². The number of nitrogens with zero attached hydrogens (tertiary/aromatic N) is 3. The van der Waals surface area contributed by atoms with Gasteiger partial charge in [0, 0.05) is 13.2 Å². The summed E-state index contributed by atoms with van der Waals surface area (Å²) in [5.41, 5.74) is 2.24. The van der Waals surface area contributed by atoms with Gasteiger partial charge < -0.3 is 0 Å². The minimum atomic E-state index is -0.00528. The van der Waals surface area contributed by atoms with Crippen LogP contribution in [0, 0.1) is 6.92 Å². The highest BCUT2D eigenvalue weighted by Gasteiger charge is 2.15. The molecule has 0 radical (unpaired) electrons. The lowest BCUT2D eigenvalue weighted by molar-refractivity contribution is 0.0986. The normalized spacial score (nSPS) is 10.5. The number of carbonyl (C=O) groups excluding carboxylic acids is 1. The molecular formula is C12H12BrN3O. The zero-order chi connectivity index (χ0) is 12.4. The molecule has 0 saturated carbocycles. The summed E-state index contributed by atoms with van der Waals surface area (Å²) in [6.45, 7) is 1.90. The van der Waals surface area contributed by atoms with Crippen LogP contribution in [0.3, 0.4) is 0 Å². The Balaban J connectivity index is 2.25. The van der Waals surface area contributed by atoms with Gasteiger partial charge in [-0.2, -0.15) is 5.10 Å². The molecule has 2 rings (SSSR count). The van der Waals surface area contributed by atoms with Crippen LogP contribution in [0.4, 0.5) is 0 Å². The number of hydrogen-bond donors (Lipinski definition) is 0. The van der Waals surface area contributed by atoms with E-state index in [0.29, 0.717) is 12.1 Å². The molecule has 2 aromatic rings. The first kappa shape index (κ1) is 12.0. The van der Waals surface area contributed by atoms with E-state index in [9.17, 15) is 4.79 Å². The van der Waals surface area contributed by atoms with Gasteiger partial charge in [-0.15, -0.1) is 0 Å². The van der Waals surface area contributed by atoms with Crippen LogP contribution < -0.4 is 0 Å². The average Bonchev–Trinajstić information content (AvgIpc) is 2.57. The fourth-order valence-corrected chi connectivity index (χ4v) is 2.12. The first-order valence-corrected chi connectivity index (χ1v) is 6.01. The van der Waals surface area contributed by atoms with E-state index in [1.54, 1.807) is 23.0 Å². The minimum Gasteiger partial charge on any atom is -0.292 e. The Morgan fingerprint density at radius 2 is 2.24 bits per heavy atom. The zero-order valence-corrected chi connectivity index (χ0v) is 11.2. The van der Waals surface area contributed by atoms with Gasteiger partial charge in [0.05, 0.1) is 22.3 Å². The topological polar surface area (TPSA) is 47.8 Å². The minimum absolute atomic E-state index is 0.00528. The fraction of sp³-hybridized carbons (Fsp3) is 0.250. The van der Waals surface area contributed by atoms with E-state index in [2.05, 4.69) is 26.0 Å². The van der Waals surface area contributed by atoms with Crippen molar-refractivity contribution in [1.29, 1.82) is 0 Å². The molecular weight excluding hydrogens is 282 g/mol. The van der Waals surface area contributed by atoms with E-state index in [-0.39, 0.29) is 5.78 Å². The highest BCUT2D eigenvalue weighted by atomic mass is 79.9. The monoisotopic (exact) mass is 293 g/mol. The molecule has 0 aliphatic rings. The first-order valence-electron chi connectivity index (χ1n) is 5.22. The molecule has 2 heterocycles. The quantitative estimate of drug-likeness (QED) is 0.816. The molecule has 0 saturated heterocycles. The second-order valence-corrected chi connectivity index (χ2v) is 4.58. The Morgan fingerprint density at radius 1 is 1.47 bits per heavy atom. The molecule has 0 atom stereocenters. The van der Waals surface area contributed by atoms with Gasteiger partial charge in [0.2, 0.25) is 0 Å². The molecule has 0 bridgehead atoms. The fourth-order valence-electron chi connectivity index (χ4n) is 1.64. The maximum atomic E-state index is 12.0. The van der Waals surface area contributed by atoms with E-state index >= 15 is 0 Å². The van der Waals surface area contributed by atoms with Crippen LogP contribution in [0.25, 0.3) is 0 Å². The number of halogens is 1. The van der Waals surface area contributed by atoms with E-state index in [1.807, 2.05) is 20.0 Å². The number of pyridine rings is 1. The van der Waals surface area contributed by atoms with Gasteiger partial charge in [0.25, 0.3) is 0 Å². The number of aryl methyl sites for hydroxylation is 2. The van der Waals surface area contributed by atoms with Gasteiger partial charge in [0.1, 0.15) is 5.69 Å². The van der Waals surface area contributed by atoms with Gasteiger partial charge in [-0.1, -0.05) is 6.07 Å². The Kier molecular flexibility index (Phi) is 3.38. The lowest BCUT2D eigenvalue weighted by Crippen LogP contribution is -2.09. The molecule has 0 aromatic carbocycles. The smallest absolute Gasteiger partial charge is 0.187 e. The van der Waals surface area contributed by atoms with Gasteiger partial charge in [-0.25, -0.2) is 0 Å². The molecule has 0 fully saturated rings. The van der Waals surface area contributed by atoms with Crippen LogP contribution in [0.2, 0.25) is 0 Å². The third-order valence-electron chi connectivity index (χ3n) is 2.54. The van der Waals surface area contributed by atoms with E-state index in [1.165, 1.54) is 0 Å². The second-order valence-electron chi connectivity index (χ2n) is 3.78. The highest BCUT2D eigenvalue weighted by Crippen LogP contribution is 2.21. The average molecular weight is 294 g/mol. The maximum absolute atomic E-state index is 12.0. The van der Waals surface area contributed by atoms with Crippen molar-refractivity contribution < 1.29 is 4.79 Å². The number of carbonyl (C=O) groups is 1. The van der Waals surface area contributed by atoms with Crippen molar-refractivity contribution in [3.8, 4) is 0 Å². The number of rotatable bonds is 3. The van der Waals surface area contributed by atoms with Crippen molar-refractivity contribution in [3.05, 3.63) is 46.0 Å². The molecule has 0 amide bonds. The van der Waals surface area contributed by atoms with E-state index in [0.717, 1.165) is 15.9 Å². The van der Waals surface area contributed by atoms with E-state index < -0.39 is 0 Å². The summed E-state index contributed by atoms with van der Waals surface area (Å²) >= 11 is 3.45. The zero-order valence-electron chi connectivity index (χ0n) is 9.64. The number of ketones is 1. The maximum Gasteiger partial charge on any atom is 0.187 e. The summed E-state index contributed by atoms with van der Waals surface area (Å²) in [6.07, 6.45) is 1.92. The van der Waals surface area contributed by atoms with Crippen molar-refractivity contribution in [2.24, 2.45) is 7.05 Å². The molecule has 17 heavy (non-hydrogen) atoms. The first-order chi connectivity index (χ1) is 8.09. The number of aromatic nitrogens is 3. The molecule has 2 aromatic heterocycles. The van der Waals surface area contributed by atoms with Crippen LogP contribution in [0.15, 0.2) is 28.9 Å². The van der Waals surface area contributed by atoms with Gasteiger partial charge >= 0.3 is 0 Å². The molecule has 0 aliphatic carbocycles. The SMILES string of the molecule is Cc1nn(C)c(CC(=O)c2ccccn2)c1Br. The highest BCUT2D eigenvalue weighted by molar-refractivity contribution is 9.10. The van der Waals surface area contributed by atoms with Gasteiger partial charge in [-0.3, -0.25) is 14.5 Å². The van der Waals surface area contributed by atoms with Crippen molar-refractivity contribution in [2.75, 3.05) is 0 Å². The van der Waals surface area contributed by atoms with Crippen LogP contribution in [0.1, 0.15) is 21.9 Å². The van der Waals surface area contributed by atoms with Crippen LogP contribution in [-0.2, 0) is 13.5 Å². The second kappa shape index (κ2) is 4.79. The number of Topliss-reactive ketones (excluding diaryl/α,β-unsaturated/α-hetero) is 1. The third-order valence-corrected chi connectivity index (χ3v) is 3.57. The third kappa shape index (κ3) is 2.44. The molecule has 4 nitrogen and oxygen atoms in total. The Bertz CT molecular complexity index is 548. The van der Waals surface area contributed by atoms with Crippen molar-refractivity contribution >= 4 is 21.7 Å². The predicted molar refractivity (Wildman–Crippen MR) is 67.9 cm³/mol. The predicted octanol–water partition coefficient (Wildman–Crippen LogP) is 2.31. The lowest BCUT2D eigenvalue weighted by Gasteiger charge is -2.02. The Labute approximate surface area is 108 Å². The lowest BCUT2D eigenvalue weighted by atomic mass is 10.1. The Morgan fingerprint density at radius 3 is 2.76 bits per heavy atom. The van der Waals surface area contributed by atoms with Crippen LogP contribution >= 0.6 is 15.9 Å². The Hall–Kier alpha value is -1.49. The molecule has 0 spiro atoms. The van der Waals surface area contributed by atoms with Crippen LogP contribution in [-0.4, -0.2) is 20.5 Å². The summed E-state index contributed by atoms with van der Waals surface area (Å²) in [5.74, 6) is -0.00528. The van der Waals surface area contributed by atoms with E-state index in [4.69, 9.17) is 0 Å². The summed E-state index contributed by atoms with van der Waals surface area (Å²) in [4.78, 5) is 16.0. The van der Waals surface area contributed by atoms with Gasteiger partial charge in [0.15, 0.2) is 5.78 Å². The summed E-state index contributed by atoms with van der Waals surface area (Å²) in [5, 5.41) is 4.25. The van der Waals surface area contributed by atoms with Crippen molar-refractivity contribution in [2.45, 2.75) is 13.3 Å². The van der Waals surface area contributed by atoms with Gasteiger partial charge in [-0.05, 0) is 35.0 Å².